The summed E-state index contributed by atoms with van der Waals surface area (Å²) in [5, 5.41) is 3.07. The van der Waals surface area contributed by atoms with E-state index in [2.05, 4.69) is 30.2 Å². The molecule has 0 saturated carbocycles. The lowest BCUT2D eigenvalue weighted by atomic mass is 9.98. The van der Waals surface area contributed by atoms with Crippen LogP contribution in [-0.4, -0.2) is 15.3 Å². The first-order valence-electron chi connectivity index (χ1n) is 7.41. The van der Waals surface area contributed by atoms with Crippen LogP contribution in [0.25, 0.3) is 5.65 Å². The summed E-state index contributed by atoms with van der Waals surface area (Å²) in [6, 6.07) is 11.6. The van der Waals surface area contributed by atoms with E-state index in [9.17, 15) is 4.79 Å². The molecule has 0 bridgehead atoms. The van der Waals surface area contributed by atoms with Gasteiger partial charge in [0.15, 0.2) is 0 Å². The van der Waals surface area contributed by atoms with E-state index in [0.717, 1.165) is 22.5 Å². The first-order chi connectivity index (χ1) is 10.6. The van der Waals surface area contributed by atoms with Gasteiger partial charge in [-0.3, -0.25) is 9.20 Å². The number of amides is 1. The molecule has 0 atom stereocenters. The van der Waals surface area contributed by atoms with Crippen LogP contribution in [0.5, 0.6) is 0 Å². The molecular formula is C18H19N3O. The van der Waals surface area contributed by atoms with Gasteiger partial charge in [0.1, 0.15) is 11.3 Å². The number of aryl methyl sites for hydroxylation is 1. The number of anilines is 1. The SMILES string of the molecule is Cc1cccc(C(C)C)c1NC(=O)c1cccc2nccn12. The third-order valence-corrected chi connectivity index (χ3v) is 3.83. The monoisotopic (exact) mass is 293 g/mol. The molecule has 0 aliphatic heterocycles. The molecule has 4 nitrogen and oxygen atoms in total. The van der Waals surface area contributed by atoms with Crippen molar-refractivity contribution in [2.75, 3.05) is 5.32 Å². The highest BCUT2D eigenvalue weighted by atomic mass is 16.1. The Balaban J connectivity index is 2.00. The topological polar surface area (TPSA) is 46.4 Å². The zero-order valence-electron chi connectivity index (χ0n) is 13.0. The van der Waals surface area contributed by atoms with Crippen molar-refractivity contribution in [2.45, 2.75) is 26.7 Å². The quantitative estimate of drug-likeness (QED) is 0.793. The van der Waals surface area contributed by atoms with Crippen molar-refractivity contribution in [3.63, 3.8) is 0 Å². The van der Waals surface area contributed by atoms with E-state index in [4.69, 9.17) is 0 Å². The third kappa shape index (κ3) is 2.48. The van der Waals surface area contributed by atoms with Crippen molar-refractivity contribution < 1.29 is 4.79 Å². The van der Waals surface area contributed by atoms with E-state index in [-0.39, 0.29) is 5.91 Å². The van der Waals surface area contributed by atoms with Crippen LogP contribution in [0.4, 0.5) is 5.69 Å². The van der Waals surface area contributed by atoms with Gasteiger partial charge < -0.3 is 5.32 Å². The van der Waals surface area contributed by atoms with Gasteiger partial charge in [0.05, 0.1) is 0 Å². The molecule has 112 valence electrons. The normalized spacial score (nSPS) is 11.1. The molecule has 3 rings (SSSR count). The van der Waals surface area contributed by atoms with Crippen LogP contribution in [0, 0.1) is 6.92 Å². The molecule has 2 heterocycles. The summed E-state index contributed by atoms with van der Waals surface area (Å²) < 4.78 is 1.79. The second-order valence-corrected chi connectivity index (χ2v) is 5.71. The Bertz CT molecular complexity index is 833. The lowest BCUT2D eigenvalue weighted by Crippen LogP contribution is -2.17. The number of para-hydroxylation sites is 1. The lowest BCUT2D eigenvalue weighted by Gasteiger charge is -2.16. The Morgan fingerprint density at radius 1 is 1.18 bits per heavy atom. The molecule has 0 radical (unpaired) electrons. The summed E-state index contributed by atoms with van der Waals surface area (Å²) >= 11 is 0. The number of pyridine rings is 1. The molecule has 22 heavy (non-hydrogen) atoms. The van der Waals surface area contributed by atoms with Crippen molar-refractivity contribution in [1.29, 1.82) is 0 Å². The van der Waals surface area contributed by atoms with Gasteiger partial charge in [0, 0.05) is 18.1 Å². The molecule has 0 saturated heterocycles. The minimum absolute atomic E-state index is 0.125. The van der Waals surface area contributed by atoms with Gasteiger partial charge >= 0.3 is 0 Å². The molecular weight excluding hydrogens is 274 g/mol. The van der Waals surface area contributed by atoms with Crippen LogP contribution < -0.4 is 5.32 Å². The van der Waals surface area contributed by atoms with Gasteiger partial charge in [-0.05, 0) is 36.1 Å². The number of aromatic nitrogens is 2. The largest absolute Gasteiger partial charge is 0.320 e. The first kappa shape index (κ1) is 14.3. The molecule has 0 aliphatic carbocycles. The Hall–Kier alpha value is -2.62. The van der Waals surface area contributed by atoms with Gasteiger partial charge in [0.25, 0.3) is 5.91 Å². The van der Waals surface area contributed by atoms with Crippen molar-refractivity contribution in [3.05, 3.63) is 65.6 Å². The average Bonchev–Trinajstić information content (AvgIpc) is 2.97. The second kappa shape index (κ2) is 5.64. The van der Waals surface area contributed by atoms with Gasteiger partial charge in [0.2, 0.25) is 0 Å². The number of nitrogens with zero attached hydrogens (tertiary/aromatic N) is 2. The lowest BCUT2D eigenvalue weighted by molar-refractivity contribution is 0.102. The van der Waals surface area contributed by atoms with Crippen molar-refractivity contribution >= 4 is 17.2 Å². The molecule has 1 N–H and O–H groups in total. The van der Waals surface area contributed by atoms with E-state index < -0.39 is 0 Å². The fourth-order valence-corrected chi connectivity index (χ4v) is 2.65. The molecule has 4 heteroatoms. The van der Waals surface area contributed by atoms with Gasteiger partial charge in [-0.15, -0.1) is 0 Å². The van der Waals surface area contributed by atoms with Crippen LogP contribution in [0.15, 0.2) is 48.8 Å². The van der Waals surface area contributed by atoms with Crippen molar-refractivity contribution in [1.82, 2.24) is 9.38 Å². The van der Waals surface area contributed by atoms with Gasteiger partial charge in [-0.25, -0.2) is 4.98 Å². The molecule has 0 spiro atoms. The summed E-state index contributed by atoms with van der Waals surface area (Å²) in [5.74, 6) is 0.221. The maximum atomic E-state index is 12.7. The number of carbonyl (C=O) groups is 1. The molecule has 0 aliphatic rings. The fourth-order valence-electron chi connectivity index (χ4n) is 2.65. The summed E-state index contributed by atoms with van der Waals surface area (Å²) in [5.41, 5.74) is 4.46. The molecule has 2 aromatic heterocycles. The smallest absolute Gasteiger partial charge is 0.272 e. The number of hydrogen-bond donors (Lipinski definition) is 1. The number of carbonyl (C=O) groups excluding carboxylic acids is 1. The Morgan fingerprint density at radius 3 is 2.73 bits per heavy atom. The van der Waals surface area contributed by atoms with E-state index >= 15 is 0 Å². The van der Waals surface area contributed by atoms with Crippen LogP contribution in [0.2, 0.25) is 0 Å². The highest BCUT2D eigenvalue weighted by Crippen LogP contribution is 2.27. The first-order valence-corrected chi connectivity index (χ1v) is 7.41. The average molecular weight is 293 g/mol. The predicted molar refractivity (Wildman–Crippen MR) is 88.4 cm³/mol. The molecule has 1 amide bonds. The number of fused-ring (bicyclic) bond motifs is 1. The van der Waals surface area contributed by atoms with Crippen LogP contribution in [0.1, 0.15) is 41.4 Å². The predicted octanol–water partition coefficient (Wildman–Crippen LogP) is 4.02. The minimum Gasteiger partial charge on any atom is -0.320 e. The summed E-state index contributed by atoms with van der Waals surface area (Å²) in [6.07, 6.45) is 3.49. The standard InChI is InChI=1S/C18H19N3O/c1-12(2)14-7-4-6-13(3)17(14)20-18(22)15-8-5-9-16-19-10-11-21(15)16/h4-12H,1-3H3,(H,20,22). The number of nitrogens with one attached hydrogen (secondary N) is 1. The zero-order chi connectivity index (χ0) is 15.7. The molecule has 0 fully saturated rings. The Labute approximate surface area is 129 Å². The summed E-state index contributed by atoms with van der Waals surface area (Å²) in [6.45, 7) is 6.27. The number of rotatable bonds is 3. The third-order valence-electron chi connectivity index (χ3n) is 3.83. The Kier molecular flexibility index (Phi) is 3.67. The molecule has 1 aromatic carbocycles. The van der Waals surface area contributed by atoms with E-state index in [1.54, 1.807) is 22.9 Å². The van der Waals surface area contributed by atoms with Crippen LogP contribution in [0.3, 0.4) is 0 Å². The number of imidazole rings is 1. The van der Waals surface area contributed by atoms with Crippen LogP contribution >= 0.6 is 0 Å². The summed E-state index contributed by atoms with van der Waals surface area (Å²) in [7, 11) is 0. The van der Waals surface area contributed by atoms with Gasteiger partial charge in [-0.2, -0.15) is 0 Å². The van der Waals surface area contributed by atoms with E-state index in [0.29, 0.717) is 11.6 Å². The van der Waals surface area contributed by atoms with Crippen molar-refractivity contribution in [3.8, 4) is 0 Å². The number of hydrogen-bond acceptors (Lipinski definition) is 2. The van der Waals surface area contributed by atoms with E-state index in [1.165, 1.54) is 0 Å². The highest BCUT2D eigenvalue weighted by Gasteiger charge is 2.15. The maximum absolute atomic E-state index is 12.7. The summed E-state index contributed by atoms with van der Waals surface area (Å²) in [4.78, 5) is 16.9. The van der Waals surface area contributed by atoms with Crippen molar-refractivity contribution in [2.24, 2.45) is 0 Å². The molecule has 0 unspecified atom stereocenters. The van der Waals surface area contributed by atoms with Crippen LogP contribution in [-0.2, 0) is 0 Å². The maximum Gasteiger partial charge on any atom is 0.272 e. The minimum atomic E-state index is -0.125. The van der Waals surface area contributed by atoms with Gasteiger partial charge in [-0.1, -0.05) is 38.1 Å². The second-order valence-electron chi connectivity index (χ2n) is 5.71. The highest BCUT2D eigenvalue weighted by molar-refractivity contribution is 6.04. The fraction of sp³-hybridized carbons (Fsp3) is 0.222. The zero-order valence-corrected chi connectivity index (χ0v) is 13.0. The van der Waals surface area contributed by atoms with E-state index in [1.807, 2.05) is 31.2 Å². The Morgan fingerprint density at radius 2 is 1.95 bits per heavy atom. The number of benzene rings is 1. The molecule has 3 aromatic rings.